The van der Waals surface area contributed by atoms with Gasteiger partial charge in [-0.2, -0.15) is 0 Å². The molecule has 1 aliphatic rings. The van der Waals surface area contributed by atoms with E-state index in [0.717, 1.165) is 17.1 Å². The SMILES string of the molecule is CC(C)(C)c1ccc(N(c2ccc3c(c2)-c2ccccc2C3(C)C)c2ccc3ccccc3c2-c2ccccc2-c2ccccc2)cc1. The molecule has 0 saturated heterocycles. The van der Waals surface area contributed by atoms with E-state index >= 15 is 0 Å². The van der Waals surface area contributed by atoms with Gasteiger partial charge >= 0.3 is 0 Å². The van der Waals surface area contributed by atoms with Gasteiger partial charge in [0.2, 0.25) is 0 Å². The van der Waals surface area contributed by atoms with Gasteiger partial charge in [-0.15, -0.1) is 0 Å². The molecule has 7 aromatic rings. The predicted molar refractivity (Wildman–Crippen MR) is 206 cm³/mol. The summed E-state index contributed by atoms with van der Waals surface area (Å²) < 4.78 is 0. The average Bonchev–Trinajstić information content (AvgIpc) is 3.34. The summed E-state index contributed by atoms with van der Waals surface area (Å²) in [5.41, 5.74) is 15.1. The minimum atomic E-state index is -0.0492. The van der Waals surface area contributed by atoms with Crippen molar-refractivity contribution in [1.82, 2.24) is 0 Å². The van der Waals surface area contributed by atoms with E-state index in [0.29, 0.717) is 0 Å². The first-order chi connectivity index (χ1) is 23.2. The van der Waals surface area contributed by atoms with E-state index in [9.17, 15) is 0 Å². The van der Waals surface area contributed by atoms with E-state index in [-0.39, 0.29) is 10.8 Å². The number of hydrogen-bond acceptors (Lipinski definition) is 1. The van der Waals surface area contributed by atoms with Crippen molar-refractivity contribution in [3.63, 3.8) is 0 Å². The van der Waals surface area contributed by atoms with Gasteiger partial charge in [0.05, 0.1) is 5.69 Å². The van der Waals surface area contributed by atoms with Crippen molar-refractivity contribution in [1.29, 1.82) is 0 Å². The van der Waals surface area contributed by atoms with Crippen LogP contribution in [0.1, 0.15) is 51.3 Å². The smallest absolute Gasteiger partial charge is 0.0546 e. The zero-order valence-corrected chi connectivity index (χ0v) is 28.5. The van der Waals surface area contributed by atoms with Crippen molar-refractivity contribution >= 4 is 27.8 Å². The molecule has 0 heterocycles. The van der Waals surface area contributed by atoms with Gasteiger partial charge in [0, 0.05) is 22.4 Å². The monoisotopic (exact) mass is 619 g/mol. The molecule has 0 aromatic heterocycles. The third kappa shape index (κ3) is 4.93. The van der Waals surface area contributed by atoms with E-state index < -0.39 is 0 Å². The molecule has 0 spiro atoms. The number of rotatable bonds is 5. The van der Waals surface area contributed by atoms with Gasteiger partial charge in [0.15, 0.2) is 0 Å². The largest absolute Gasteiger partial charge is 0.310 e. The van der Waals surface area contributed by atoms with Crippen LogP contribution in [0.5, 0.6) is 0 Å². The first-order valence-electron chi connectivity index (χ1n) is 17.0. The zero-order chi connectivity index (χ0) is 33.0. The first kappa shape index (κ1) is 30.0. The molecule has 48 heavy (non-hydrogen) atoms. The van der Waals surface area contributed by atoms with Crippen LogP contribution in [0.4, 0.5) is 17.1 Å². The van der Waals surface area contributed by atoms with Crippen molar-refractivity contribution in [2.24, 2.45) is 0 Å². The molecule has 8 rings (SSSR count). The highest BCUT2D eigenvalue weighted by molar-refractivity contribution is 6.08. The van der Waals surface area contributed by atoms with Crippen molar-refractivity contribution in [3.05, 3.63) is 174 Å². The maximum Gasteiger partial charge on any atom is 0.0546 e. The van der Waals surface area contributed by atoms with E-state index in [1.807, 2.05) is 0 Å². The molecular formula is C47H41N. The summed E-state index contributed by atoms with van der Waals surface area (Å²) in [6.07, 6.45) is 0. The van der Waals surface area contributed by atoms with Gasteiger partial charge in [-0.3, -0.25) is 0 Å². The Morgan fingerprint density at radius 3 is 1.83 bits per heavy atom. The molecule has 0 radical (unpaired) electrons. The summed E-state index contributed by atoms with van der Waals surface area (Å²) in [5.74, 6) is 0. The molecule has 1 aliphatic carbocycles. The van der Waals surface area contributed by atoms with E-state index in [4.69, 9.17) is 0 Å². The maximum atomic E-state index is 2.48. The Labute approximate surface area is 285 Å². The zero-order valence-electron chi connectivity index (χ0n) is 28.5. The van der Waals surface area contributed by atoms with Crippen LogP contribution in [0.2, 0.25) is 0 Å². The van der Waals surface area contributed by atoms with Crippen LogP contribution in [-0.2, 0) is 10.8 Å². The van der Waals surface area contributed by atoms with Gasteiger partial charge in [0.25, 0.3) is 0 Å². The molecular weight excluding hydrogens is 579 g/mol. The molecule has 7 aromatic carbocycles. The highest BCUT2D eigenvalue weighted by Crippen LogP contribution is 2.52. The lowest BCUT2D eigenvalue weighted by Gasteiger charge is -2.31. The first-order valence-corrected chi connectivity index (χ1v) is 17.0. The van der Waals surface area contributed by atoms with Crippen LogP contribution >= 0.6 is 0 Å². The van der Waals surface area contributed by atoms with Gasteiger partial charge in [0.1, 0.15) is 0 Å². The molecule has 1 nitrogen and oxygen atoms in total. The molecule has 0 N–H and O–H groups in total. The third-order valence-corrected chi connectivity index (χ3v) is 10.2. The minimum absolute atomic E-state index is 0.0492. The molecule has 0 fully saturated rings. The lowest BCUT2D eigenvalue weighted by atomic mass is 9.82. The fraction of sp³-hybridized carbons (Fsp3) is 0.149. The molecule has 0 bridgehead atoms. The molecule has 0 atom stereocenters. The van der Waals surface area contributed by atoms with E-state index in [1.54, 1.807) is 0 Å². The second kappa shape index (κ2) is 11.4. The van der Waals surface area contributed by atoms with Crippen LogP contribution in [-0.4, -0.2) is 0 Å². The molecule has 1 heteroatoms. The summed E-state index contributed by atoms with van der Waals surface area (Å²) in [6.45, 7) is 11.5. The second-order valence-corrected chi connectivity index (χ2v) is 14.6. The van der Waals surface area contributed by atoms with Crippen molar-refractivity contribution in [2.45, 2.75) is 45.4 Å². The number of benzene rings is 7. The highest BCUT2D eigenvalue weighted by Gasteiger charge is 2.35. The normalized spacial score (nSPS) is 13.3. The fourth-order valence-electron chi connectivity index (χ4n) is 7.68. The fourth-order valence-corrected chi connectivity index (χ4v) is 7.68. The minimum Gasteiger partial charge on any atom is -0.310 e. The topological polar surface area (TPSA) is 3.24 Å². The number of nitrogens with zero attached hydrogens (tertiary/aromatic N) is 1. The van der Waals surface area contributed by atoms with Crippen LogP contribution < -0.4 is 4.90 Å². The molecule has 234 valence electrons. The van der Waals surface area contributed by atoms with E-state index in [1.165, 1.54) is 60.8 Å². The van der Waals surface area contributed by atoms with Crippen molar-refractivity contribution in [3.8, 4) is 33.4 Å². The van der Waals surface area contributed by atoms with Crippen LogP contribution in [0.25, 0.3) is 44.2 Å². The van der Waals surface area contributed by atoms with Gasteiger partial charge < -0.3 is 4.90 Å². The number of anilines is 3. The number of fused-ring (bicyclic) bond motifs is 4. The number of hydrogen-bond donors (Lipinski definition) is 0. The highest BCUT2D eigenvalue weighted by atomic mass is 15.1. The summed E-state index contributed by atoms with van der Waals surface area (Å²) in [4.78, 5) is 2.48. The van der Waals surface area contributed by atoms with Crippen LogP contribution in [0.3, 0.4) is 0 Å². The van der Waals surface area contributed by atoms with E-state index in [2.05, 4.69) is 197 Å². The van der Waals surface area contributed by atoms with Gasteiger partial charge in [-0.1, -0.05) is 162 Å². The predicted octanol–water partition coefficient (Wildman–Crippen LogP) is 13.2. The lowest BCUT2D eigenvalue weighted by molar-refractivity contribution is 0.590. The Balaban J connectivity index is 1.43. The quantitative estimate of drug-likeness (QED) is 0.185. The molecule has 0 unspecified atom stereocenters. The Morgan fingerprint density at radius 1 is 0.479 bits per heavy atom. The summed E-state index contributed by atoms with van der Waals surface area (Å²) in [6, 6.07) is 58.3. The summed E-state index contributed by atoms with van der Waals surface area (Å²) in [7, 11) is 0. The lowest BCUT2D eigenvalue weighted by Crippen LogP contribution is -2.16. The Bertz CT molecular complexity index is 2280. The second-order valence-electron chi connectivity index (χ2n) is 14.6. The van der Waals surface area contributed by atoms with Crippen molar-refractivity contribution in [2.75, 3.05) is 4.90 Å². The Morgan fingerprint density at radius 2 is 1.08 bits per heavy atom. The molecule has 0 saturated carbocycles. The van der Waals surface area contributed by atoms with Crippen LogP contribution in [0.15, 0.2) is 158 Å². The Hall–Kier alpha value is -5.40. The Kier molecular flexibility index (Phi) is 7.11. The maximum absolute atomic E-state index is 2.48. The average molecular weight is 620 g/mol. The summed E-state index contributed by atoms with van der Waals surface area (Å²) >= 11 is 0. The third-order valence-electron chi connectivity index (χ3n) is 10.2. The standard InChI is InChI=1S/C47H41N/c1-46(2,3)34-24-26-35(27-25-34)48(36-28-29-43-41(31-36)39-20-13-14-22-42(39)47(43,4)5)44-30-23-33-17-9-10-19-38(33)45(44)40-21-12-11-18-37(40)32-15-7-6-8-16-32/h6-31H,1-5H3. The van der Waals surface area contributed by atoms with Gasteiger partial charge in [-0.05, 0) is 91.0 Å². The van der Waals surface area contributed by atoms with Crippen molar-refractivity contribution < 1.29 is 0 Å². The molecule has 0 aliphatic heterocycles. The summed E-state index contributed by atoms with van der Waals surface area (Å²) in [5, 5.41) is 2.47. The molecule has 0 amide bonds. The van der Waals surface area contributed by atoms with Gasteiger partial charge in [-0.25, -0.2) is 0 Å². The van der Waals surface area contributed by atoms with Crippen LogP contribution in [0, 0.1) is 0 Å².